The molecule has 1 aliphatic heterocycles. The second-order valence-electron chi connectivity index (χ2n) is 6.54. The molecule has 0 bridgehead atoms. The number of hydrogen-bond acceptors (Lipinski definition) is 4. The van der Waals surface area contributed by atoms with E-state index < -0.39 is 11.6 Å². The average molecular weight is 349 g/mol. The Labute approximate surface area is 152 Å². The van der Waals surface area contributed by atoms with Gasteiger partial charge in [-0.05, 0) is 18.2 Å². The summed E-state index contributed by atoms with van der Waals surface area (Å²) in [5, 5.41) is 2.01. The highest BCUT2D eigenvalue weighted by Crippen LogP contribution is 2.27. The van der Waals surface area contributed by atoms with Gasteiger partial charge in [0.25, 0.3) is 0 Å². The van der Waals surface area contributed by atoms with Crippen molar-refractivity contribution in [2.75, 3.05) is 32.8 Å². The Kier molecular flexibility index (Phi) is 4.75. The lowest BCUT2D eigenvalue weighted by molar-refractivity contribution is -0.469. The van der Waals surface area contributed by atoms with Crippen LogP contribution < -0.4 is 5.32 Å². The number of ether oxygens (including phenoxy) is 1. The summed E-state index contributed by atoms with van der Waals surface area (Å²) in [6.45, 7) is 3.32. The van der Waals surface area contributed by atoms with Gasteiger partial charge in [0.05, 0.1) is 18.8 Å². The normalized spacial score (nSPS) is 18.2. The number of rotatable bonds is 4. The number of carbonyl (C=O) groups is 2. The van der Waals surface area contributed by atoms with Crippen LogP contribution in [0.25, 0.3) is 5.70 Å². The minimum Gasteiger partial charge on any atom is -0.379 e. The van der Waals surface area contributed by atoms with Crippen molar-refractivity contribution < 1.29 is 19.6 Å². The zero-order valence-electron chi connectivity index (χ0n) is 14.5. The number of carbonyl (C=O) groups excluding carboxylic acids is 2. The number of nitrogens with two attached hydrogens (primary N) is 1. The van der Waals surface area contributed by atoms with Gasteiger partial charge in [-0.2, -0.15) is 0 Å². The molecule has 0 aromatic heterocycles. The lowest BCUT2D eigenvalue weighted by Crippen LogP contribution is -2.76. The van der Waals surface area contributed by atoms with Crippen LogP contribution in [-0.2, 0) is 9.53 Å². The number of para-hydroxylation sites is 1. The number of Topliss-reactive ketones (excluding diaryl/α,β-unsaturated/α-hetero) is 2. The minimum absolute atomic E-state index is 0.391. The lowest BCUT2D eigenvalue weighted by atomic mass is 9.86. The fourth-order valence-corrected chi connectivity index (χ4v) is 3.48. The van der Waals surface area contributed by atoms with Crippen LogP contribution in [0.4, 0.5) is 5.69 Å². The number of morpholine rings is 1. The van der Waals surface area contributed by atoms with Gasteiger partial charge in [-0.1, -0.05) is 36.4 Å². The molecule has 1 aliphatic carbocycles. The molecule has 1 heterocycles. The summed E-state index contributed by atoms with van der Waals surface area (Å²) >= 11 is 0. The van der Waals surface area contributed by atoms with Crippen LogP contribution in [0.15, 0.2) is 60.2 Å². The quantitative estimate of drug-likeness (QED) is 0.669. The standard InChI is InChI=1S/C21H20N2O3/c24-20-17-9-5-4-8-16(17)19(22-15-6-2-1-3-7-15)18(21(20)25)14-23-10-12-26-13-11-23/h1-9,22H,10-14H2/p+1. The molecule has 0 radical (unpaired) electrons. The molecule has 5 nitrogen and oxygen atoms in total. The zero-order chi connectivity index (χ0) is 17.9. The third kappa shape index (κ3) is 3.24. The number of benzene rings is 2. The fourth-order valence-electron chi connectivity index (χ4n) is 3.48. The molecule has 2 N–H and O–H groups in total. The highest BCUT2D eigenvalue weighted by Gasteiger charge is 2.36. The smallest absolute Gasteiger partial charge is 0.236 e. The molecule has 2 aliphatic rings. The van der Waals surface area contributed by atoms with E-state index in [4.69, 9.17) is 4.74 Å². The highest BCUT2D eigenvalue weighted by molar-refractivity contribution is 6.52. The van der Waals surface area contributed by atoms with Crippen molar-refractivity contribution in [3.63, 3.8) is 0 Å². The van der Waals surface area contributed by atoms with E-state index in [2.05, 4.69) is 4.90 Å². The van der Waals surface area contributed by atoms with Crippen molar-refractivity contribution >= 4 is 23.0 Å². The molecule has 4 rings (SSSR count). The van der Waals surface area contributed by atoms with Crippen LogP contribution in [0.1, 0.15) is 15.9 Å². The van der Waals surface area contributed by atoms with Gasteiger partial charge in [0.15, 0.2) is 5.70 Å². The van der Waals surface area contributed by atoms with Crippen LogP contribution in [0, 0.1) is 0 Å². The number of fused-ring (bicyclic) bond motifs is 1. The van der Waals surface area contributed by atoms with E-state index in [0.717, 1.165) is 30.0 Å². The van der Waals surface area contributed by atoms with E-state index in [1.165, 1.54) is 0 Å². The monoisotopic (exact) mass is 349 g/mol. The Morgan fingerprint density at radius 2 is 1.50 bits per heavy atom. The molecule has 0 atom stereocenters. The predicted octanol–water partition coefficient (Wildman–Crippen LogP) is 1.39. The fraction of sp³-hybridized carbons (Fsp3) is 0.238. The lowest BCUT2D eigenvalue weighted by Gasteiger charge is -2.28. The van der Waals surface area contributed by atoms with E-state index in [-0.39, 0.29) is 0 Å². The average Bonchev–Trinajstić information content (AvgIpc) is 2.70. The first kappa shape index (κ1) is 16.8. The maximum absolute atomic E-state index is 12.9. The molecule has 2 aromatic carbocycles. The van der Waals surface area contributed by atoms with Gasteiger partial charge < -0.3 is 4.74 Å². The van der Waals surface area contributed by atoms with Gasteiger partial charge >= 0.3 is 0 Å². The zero-order valence-corrected chi connectivity index (χ0v) is 14.5. The Balaban J connectivity index is 1.78. The molecule has 1 fully saturated rings. The van der Waals surface area contributed by atoms with Crippen molar-refractivity contribution in [3.8, 4) is 0 Å². The summed E-state index contributed by atoms with van der Waals surface area (Å²) in [6, 6.07) is 17.3. The van der Waals surface area contributed by atoms with Crippen molar-refractivity contribution in [2.24, 2.45) is 0 Å². The van der Waals surface area contributed by atoms with E-state index in [1.54, 1.807) is 12.1 Å². The molecule has 0 unspecified atom stereocenters. The highest BCUT2D eigenvalue weighted by atomic mass is 16.5. The third-order valence-electron chi connectivity index (χ3n) is 4.86. The molecule has 0 saturated carbocycles. The molecule has 132 valence electrons. The molecule has 0 amide bonds. The van der Waals surface area contributed by atoms with Gasteiger partial charge in [-0.15, -0.1) is 0 Å². The maximum Gasteiger partial charge on any atom is 0.236 e. The van der Waals surface area contributed by atoms with Gasteiger partial charge in [0.1, 0.15) is 5.69 Å². The number of nitrogens with zero attached hydrogens (tertiary/aromatic N) is 1. The second-order valence-corrected chi connectivity index (χ2v) is 6.54. The van der Waals surface area contributed by atoms with Crippen LogP contribution in [0.2, 0.25) is 0 Å². The topological polar surface area (TPSA) is 63.2 Å². The van der Waals surface area contributed by atoms with Crippen LogP contribution in [0.5, 0.6) is 0 Å². The first-order chi connectivity index (χ1) is 12.7. The molecule has 26 heavy (non-hydrogen) atoms. The van der Waals surface area contributed by atoms with Crippen LogP contribution in [0.3, 0.4) is 0 Å². The van der Waals surface area contributed by atoms with E-state index in [1.807, 2.05) is 47.8 Å². The predicted molar refractivity (Wildman–Crippen MR) is 98.0 cm³/mol. The van der Waals surface area contributed by atoms with E-state index in [0.29, 0.717) is 30.9 Å². The van der Waals surface area contributed by atoms with Crippen LogP contribution in [-0.4, -0.2) is 49.3 Å². The maximum atomic E-state index is 12.9. The third-order valence-corrected chi connectivity index (χ3v) is 4.86. The van der Waals surface area contributed by atoms with Gasteiger partial charge in [-0.25, -0.2) is 0 Å². The second kappa shape index (κ2) is 7.33. The Bertz CT molecular complexity index is 868. The number of hydrogen-bond donors (Lipinski definition) is 1. The largest absolute Gasteiger partial charge is 0.379 e. The van der Waals surface area contributed by atoms with E-state index >= 15 is 0 Å². The van der Waals surface area contributed by atoms with Gasteiger partial charge in [0, 0.05) is 30.8 Å². The summed E-state index contributed by atoms with van der Waals surface area (Å²) in [5.41, 5.74) is 3.77. The molecular weight excluding hydrogens is 328 g/mol. The SMILES string of the molecule is O=C1C(=O)c2ccccc2C([NH2+]c2ccccc2)=C1CN1CCOCC1. The first-order valence-corrected chi connectivity index (χ1v) is 8.85. The minimum atomic E-state index is -0.408. The molecule has 2 aromatic rings. The number of quaternary nitrogens is 1. The molecule has 1 saturated heterocycles. The van der Waals surface area contributed by atoms with Crippen LogP contribution >= 0.6 is 0 Å². The van der Waals surface area contributed by atoms with Crippen molar-refractivity contribution in [1.82, 2.24) is 4.90 Å². The summed E-state index contributed by atoms with van der Waals surface area (Å²) in [7, 11) is 0. The molecule has 5 heteroatoms. The van der Waals surface area contributed by atoms with Crippen molar-refractivity contribution in [1.29, 1.82) is 0 Å². The first-order valence-electron chi connectivity index (χ1n) is 8.85. The summed E-state index contributed by atoms with van der Waals surface area (Å²) in [4.78, 5) is 27.7. The summed E-state index contributed by atoms with van der Waals surface area (Å²) in [6.07, 6.45) is 0. The molecule has 0 spiro atoms. The van der Waals surface area contributed by atoms with Gasteiger partial charge in [-0.3, -0.25) is 19.8 Å². The number of ketones is 2. The Morgan fingerprint density at radius 3 is 2.23 bits per heavy atom. The summed E-state index contributed by atoms with van der Waals surface area (Å²) < 4.78 is 5.40. The Hall–Kier alpha value is -2.60. The van der Waals surface area contributed by atoms with E-state index in [9.17, 15) is 9.59 Å². The van der Waals surface area contributed by atoms with Crippen molar-refractivity contribution in [2.45, 2.75) is 0 Å². The van der Waals surface area contributed by atoms with Gasteiger partial charge in [0.2, 0.25) is 11.6 Å². The summed E-state index contributed by atoms with van der Waals surface area (Å²) in [5.74, 6) is -0.800. The molecular formula is C21H21N2O3+. The Morgan fingerprint density at radius 1 is 0.846 bits per heavy atom. The van der Waals surface area contributed by atoms with Crippen molar-refractivity contribution in [3.05, 3.63) is 71.3 Å².